The second kappa shape index (κ2) is 5.39. The highest BCUT2D eigenvalue weighted by molar-refractivity contribution is 4.89. The molecule has 1 aliphatic heterocycles. The van der Waals surface area contributed by atoms with Gasteiger partial charge in [0.2, 0.25) is 0 Å². The molecule has 4 heteroatoms. The summed E-state index contributed by atoms with van der Waals surface area (Å²) in [5, 5.41) is 8.14. The topological polar surface area (TPSA) is 34.0 Å². The third-order valence-electron chi connectivity index (χ3n) is 3.68. The zero-order valence-electron chi connectivity index (χ0n) is 12.2. The van der Waals surface area contributed by atoms with Crippen LogP contribution in [0.25, 0.3) is 0 Å². The third-order valence-corrected chi connectivity index (χ3v) is 3.68. The van der Waals surface area contributed by atoms with Gasteiger partial charge in [0.1, 0.15) is 12.2 Å². The first kappa shape index (κ1) is 13.5. The minimum absolute atomic E-state index is 0.413. The van der Waals surface area contributed by atoms with Gasteiger partial charge in [0.05, 0.1) is 0 Å². The van der Waals surface area contributed by atoms with Crippen molar-refractivity contribution in [3.8, 4) is 0 Å². The highest BCUT2D eigenvalue weighted by atomic mass is 15.2. The first-order valence-electron chi connectivity index (χ1n) is 6.99. The molecular formula is C14H26N4. The van der Waals surface area contributed by atoms with Crippen molar-refractivity contribution >= 4 is 0 Å². The molecule has 1 aromatic heterocycles. The molecule has 0 amide bonds. The standard InChI is InChI=1S/C14H26N4/c1-14(2,3)10-18-7-5-12(6-8-18)9-13-16-15-11-17(13)4/h11-12H,5-10H2,1-4H3. The predicted octanol–water partition coefficient (Wildman–Crippen LogP) is 2.12. The van der Waals surface area contributed by atoms with E-state index in [0.29, 0.717) is 5.41 Å². The van der Waals surface area contributed by atoms with E-state index >= 15 is 0 Å². The van der Waals surface area contributed by atoms with Crippen LogP contribution in [0.5, 0.6) is 0 Å². The maximum Gasteiger partial charge on any atom is 0.132 e. The minimum Gasteiger partial charge on any atom is -0.321 e. The zero-order chi connectivity index (χ0) is 13.2. The van der Waals surface area contributed by atoms with E-state index in [2.05, 4.69) is 35.9 Å². The molecule has 4 nitrogen and oxygen atoms in total. The number of hydrogen-bond donors (Lipinski definition) is 0. The van der Waals surface area contributed by atoms with E-state index in [1.54, 1.807) is 6.33 Å². The first-order chi connectivity index (χ1) is 8.44. The lowest BCUT2D eigenvalue weighted by Crippen LogP contribution is -2.39. The van der Waals surface area contributed by atoms with Gasteiger partial charge in [0.25, 0.3) is 0 Å². The van der Waals surface area contributed by atoms with E-state index in [4.69, 9.17) is 0 Å². The monoisotopic (exact) mass is 250 g/mol. The summed E-state index contributed by atoms with van der Waals surface area (Å²) >= 11 is 0. The van der Waals surface area contributed by atoms with E-state index < -0.39 is 0 Å². The molecule has 1 aliphatic rings. The molecule has 0 aromatic carbocycles. The van der Waals surface area contributed by atoms with Crippen LogP contribution in [0.15, 0.2) is 6.33 Å². The van der Waals surface area contributed by atoms with Gasteiger partial charge in [0, 0.05) is 20.0 Å². The molecule has 0 radical (unpaired) electrons. The number of piperidine rings is 1. The fourth-order valence-corrected chi connectivity index (χ4v) is 2.77. The summed E-state index contributed by atoms with van der Waals surface area (Å²) in [4.78, 5) is 2.60. The Morgan fingerprint density at radius 2 is 1.94 bits per heavy atom. The summed E-state index contributed by atoms with van der Waals surface area (Å²) in [6, 6.07) is 0. The molecule has 18 heavy (non-hydrogen) atoms. The van der Waals surface area contributed by atoms with Crippen LogP contribution in [0.4, 0.5) is 0 Å². The van der Waals surface area contributed by atoms with Crippen LogP contribution in [0.1, 0.15) is 39.4 Å². The van der Waals surface area contributed by atoms with Crippen LogP contribution in [0.2, 0.25) is 0 Å². The van der Waals surface area contributed by atoms with Gasteiger partial charge in [-0.05, 0) is 37.3 Å². The smallest absolute Gasteiger partial charge is 0.132 e. The molecule has 0 bridgehead atoms. The number of hydrogen-bond acceptors (Lipinski definition) is 3. The highest BCUT2D eigenvalue weighted by Gasteiger charge is 2.23. The van der Waals surface area contributed by atoms with Crippen LogP contribution in [0, 0.1) is 11.3 Å². The number of aromatic nitrogens is 3. The molecule has 0 N–H and O–H groups in total. The van der Waals surface area contributed by atoms with Crippen LogP contribution in [0.3, 0.4) is 0 Å². The highest BCUT2D eigenvalue weighted by Crippen LogP contribution is 2.23. The summed E-state index contributed by atoms with van der Waals surface area (Å²) in [6.45, 7) is 10.6. The molecule has 2 rings (SSSR count). The van der Waals surface area contributed by atoms with Gasteiger partial charge >= 0.3 is 0 Å². The molecule has 1 fully saturated rings. The Morgan fingerprint density at radius 3 is 2.44 bits per heavy atom. The summed E-state index contributed by atoms with van der Waals surface area (Å²) in [5.41, 5.74) is 0.413. The normalized spacial score (nSPS) is 19.3. The quantitative estimate of drug-likeness (QED) is 0.824. The Morgan fingerprint density at radius 1 is 1.28 bits per heavy atom. The molecular weight excluding hydrogens is 224 g/mol. The molecule has 0 unspecified atom stereocenters. The van der Waals surface area contributed by atoms with Gasteiger partial charge in [0.15, 0.2) is 0 Å². The predicted molar refractivity (Wildman–Crippen MR) is 73.3 cm³/mol. The molecule has 0 spiro atoms. The average molecular weight is 250 g/mol. The number of rotatable bonds is 3. The Labute approximate surface area is 110 Å². The lowest BCUT2D eigenvalue weighted by Gasteiger charge is -2.35. The number of nitrogens with zero attached hydrogens (tertiary/aromatic N) is 4. The van der Waals surface area contributed by atoms with Crippen LogP contribution >= 0.6 is 0 Å². The molecule has 0 atom stereocenters. The van der Waals surface area contributed by atoms with Crippen molar-refractivity contribution in [1.29, 1.82) is 0 Å². The van der Waals surface area contributed by atoms with Gasteiger partial charge in [-0.25, -0.2) is 0 Å². The lowest BCUT2D eigenvalue weighted by molar-refractivity contribution is 0.135. The van der Waals surface area contributed by atoms with E-state index in [1.807, 2.05) is 11.6 Å². The van der Waals surface area contributed by atoms with E-state index in [1.165, 1.54) is 32.5 Å². The van der Waals surface area contributed by atoms with E-state index in [-0.39, 0.29) is 0 Å². The van der Waals surface area contributed by atoms with Crippen LogP contribution in [-0.2, 0) is 13.5 Å². The summed E-state index contributed by atoms with van der Waals surface area (Å²) in [5.74, 6) is 1.91. The van der Waals surface area contributed by atoms with Crippen molar-refractivity contribution in [1.82, 2.24) is 19.7 Å². The molecule has 102 valence electrons. The number of aryl methyl sites for hydroxylation is 1. The average Bonchev–Trinajstić information content (AvgIpc) is 2.65. The van der Waals surface area contributed by atoms with Crippen molar-refractivity contribution < 1.29 is 0 Å². The Kier molecular flexibility index (Phi) is 4.05. The Bertz CT molecular complexity index is 369. The maximum atomic E-state index is 4.19. The Balaban J connectivity index is 1.79. The fraction of sp³-hybridized carbons (Fsp3) is 0.857. The van der Waals surface area contributed by atoms with Crippen molar-refractivity contribution in [3.63, 3.8) is 0 Å². The Hall–Kier alpha value is -0.900. The summed E-state index contributed by atoms with van der Waals surface area (Å²) in [6.07, 6.45) is 5.47. The van der Waals surface area contributed by atoms with Crippen molar-refractivity contribution in [2.75, 3.05) is 19.6 Å². The second-order valence-corrected chi connectivity index (χ2v) is 6.84. The molecule has 0 saturated carbocycles. The first-order valence-corrected chi connectivity index (χ1v) is 6.99. The zero-order valence-corrected chi connectivity index (χ0v) is 12.2. The SMILES string of the molecule is Cn1cnnc1CC1CCN(CC(C)(C)C)CC1. The van der Waals surface area contributed by atoms with E-state index in [0.717, 1.165) is 18.2 Å². The van der Waals surface area contributed by atoms with Gasteiger partial charge in [-0.3, -0.25) is 0 Å². The van der Waals surface area contributed by atoms with Gasteiger partial charge < -0.3 is 9.47 Å². The minimum atomic E-state index is 0.413. The van der Waals surface area contributed by atoms with Crippen molar-refractivity contribution in [2.24, 2.45) is 18.4 Å². The lowest BCUT2D eigenvalue weighted by atomic mass is 9.90. The van der Waals surface area contributed by atoms with Gasteiger partial charge in [-0.15, -0.1) is 10.2 Å². The molecule has 0 aliphatic carbocycles. The maximum absolute atomic E-state index is 4.19. The van der Waals surface area contributed by atoms with Crippen LogP contribution < -0.4 is 0 Å². The third kappa shape index (κ3) is 3.80. The number of likely N-dealkylation sites (tertiary alicyclic amines) is 1. The molecule has 1 aromatic rings. The summed E-state index contributed by atoms with van der Waals surface area (Å²) in [7, 11) is 2.03. The second-order valence-electron chi connectivity index (χ2n) is 6.84. The summed E-state index contributed by atoms with van der Waals surface area (Å²) < 4.78 is 2.04. The van der Waals surface area contributed by atoms with E-state index in [9.17, 15) is 0 Å². The fourth-order valence-electron chi connectivity index (χ4n) is 2.77. The van der Waals surface area contributed by atoms with Crippen molar-refractivity contribution in [2.45, 2.75) is 40.0 Å². The van der Waals surface area contributed by atoms with Crippen molar-refractivity contribution in [3.05, 3.63) is 12.2 Å². The molecule has 2 heterocycles. The largest absolute Gasteiger partial charge is 0.321 e. The van der Waals surface area contributed by atoms with Gasteiger partial charge in [-0.2, -0.15) is 0 Å². The van der Waals surface area contributed by atoms with Crippen LogP contribution in [-0.4, -0.2) is 39.3 Å². The molecule has 1 saturated heterocycles. The van der Waals surface area contributed by atoms with Gasteiger partial charge in [-0.1, -0.05) is 20.8 Å².